The fraction of sp³-hybridized carbons (Fsp3) is 0.278. The second-order valence-corrected chi connectivity index (χ2v) is 4.77. The molecule has 2 aromatic rings. The van der Waals surface area contributed by atoms with E-state index in [9.17, 15) is 4.79 Å². The van der Waals surface area contributed by atoms with E-state index in [1.165, 1.54) is 0 Å². The zero-order valence-electron chi connectivity index (χ0n) is 11.8. The van der Waals surface area contributed by atoms with Crippen molar-refractivity contribution in [1.29, 1.82) is 0 Å². The lowest BCUT2D eigenvalue weighted by Gasteiger charge is -2.16. The zero-order valence-corrected chi connectivity index (χ0v) is 11.8. The quantitative estimate of drug-likeness (QED) is 0.558. The Kier molecular flexibility index (Phi) is 5.51. The van der Waals surface area contributed by atoms with Crippen molar-refractivity contribution in [2.45, 2.75) is 19.3 Å². The maximum atomic E-state index is 12.7. The molecule has 0 aliphatic heterocycles. The summed E-state index contributed by atoms with van der Waals surface area (Å²) in [5, 5.41) is 0. The molecule has 0 spiro atoms. The lowest BCUT2D eigenvalue weighted by molar-refractivity contribution is 0.0816. The van der Waals surface area contributed by atoms with Gasteiger partial charge in [-0.05, 0) is 12.0 Å². The predicted octanol–water partition coefficient (Wildman–Crippen LogP) is 4.08. The average Bonchev–Trinajstić information content (AvgIpc) is 2.53. The molecule has 0 amide bonds. The second-order valence-electron chi connectivity index (χ2n) is 4.77. The first kappa shape index (κ1) is 14.5. The molecule has 0 saturated carbocycles. The number of hydrogen-bond acceptors (Lipinski definition) is 2. The Morgan fingerprint density at radius 1 is 1.00 bits per heavy atom. The molecule has 0 N–H and O–H groups in total. The molecule has 1 atom stereocenters. The molecule has 0 fully saturated rings. The minimum atomic E-state index is -0.231. The van der Waals surface area contributed by atoms with E-state index >= 15 is 0 Å². The highest BCUT2D eigenvalue weighted by Gasteiger charge is 2.21. The normalized spacial score (nSPS) is 12.1. The van der Waals surface area contributed by atoms with Crippen LogP contribution in [-0.4, -0.2) is 19.0 Å². The first-order valence-electron chi connectivity index (χ1n) is 7.05. The molecule has 2 rings (SSSR count). The van der Waals surface area contributed by atoms with Crippen molar-refractivity contribution in [1.82, 2.24) is 0 Å². The van der Waals surface area contributed by atoms with Crippen LogP contribution in [0.15, 0.2) is 60.7 Å². The van der Waals surface area contributed by atoms with Crippen molar-refractivity contribution in [2.24, 2.45) is 0 Å². The lowest BCUT2D eigenvalue weighted by Crippen LogP contribution is -2.19. The summed E-state index contributed by atoms with van der Waals surface area (Å²) in [4.78, 5) is 12.7. The van der Waals surface area contributed by atoms with E-state index in [2.05, 4.69) is 6.92 Å². The number of ether oxygens (including phenoxy) is 1. The van der Waals surface area contributed by atoms with Crippen LogP contribution in [0.2, 0.25) is 0 Å². The second kappa shape index (κ2) is 7.61. The van der Waals surface area contributed by atoms with Crippen molar-refractivity contribution in [3.05, 3.63) is 71.8 Å². The minimum absolute atomic E-state index is 0.118. The highest BCUT2D eigenvalue weighted by atomic mass is 16.5. The Bertz CT molecular complexity index is 520. The first-order chi connectivity index (χ1) is 9.83. The monoisotopic (exact) mass is 268 g/mol. The standard InChI is InChI=1S/C18H20O2/c1-2-13-20-14-17(15-9-5-3-6-10-15)18(19)16-11-7-4-8-12-16/h3-12,17H,2,13-14H2,1H3. The molecule has 2 nitrogen and oxygen atoms in total. The fourth-order valence-corrected chi connectivity index (χ4v) is 2.16. The summed E-state index contributed by atoms with van der Waals surface area (Å²) in [5.74, 6) is -0.113. The Morgan fingerprint density at radius 2 is 1.60 bits per heavy atom. The molecule has 2 aromatic carbocycles. The van der Waals surface area contributed by atoms with Crippen molar-refractivity contribution in [3.8, 4) is 0 Å². The van der Waals surface area contributed by atoms with E-state index in [1.807, 2.05) is 60.7 Å². The molecule has 0 bridgehead atoms. The van der Waals surface area contributed by atoms with E-state index in [-0.39, 0.29) is 11.7 Å². The van der Waals surface area contributed by atoms with Crippen LogP contribution in [0.5, 0.6) is 0 Å². The molecule has 1 unspecified atom stereocenters. The molecular weight excluding hydrogens is 248 g/mol. The fourth-order valence-electron chi connectivity index (χ4n) is 2.16. The van der Waals surface area contributed by atoms with Gasteiger partial charge in [0.25, 0.3) is 0 Å². The molecule has 104 valence electrons. The van der Waals surface area contributed by atoms with Gasteiger partial charge in [0.05, 0.1) is 12.5 Å². The smallest absolute Gasteiger partial charge is 0.172 e. The van der Waals surface area contributed by atoms with Gasteiger partial charge in [0.2, 0.25) is 0 Å². The lowest BCUT2D eigenvalue weighted by atomic mass is 9.91. The molecule has 0 aromatic heterocycles. The number of rotatable bonds is 7. The maximum Gasteiger partial charge on any atom is 0.172 e. The molecule has 20 heavy (non-hydrogen) atoms. The first-order valence-corrected chi connectivity index (χ1v) is 7.05. The molecule has 2 heteroatoms. The van der Waals surface area contributed by atoms with E-state index in [1.54, 1.807) is 0 Å². The SMILES string of the molecule is CCCOCC(C(=O)c1ccccc1)c1ccccc1. The number of carbonyl (C=O) groups excluding carboxylic acids is 1. The molecule has 0 aliphatic rings. The third kappa shape index (κ3) is 3.78. The maximum absolute atomic E-state index is 12.7. The topological polar surface area (TPSA) is 26.3 Å². The van der Waals surface area contributed by atoms with Crippen LogP contribution < -0.4 is 0 Å². The van der Waals surface area contributed by atoms with E-state index < -0.39 is 0 Å². The van der Waals surface area contributed by atoms with Gasteiger partial charge in [-0.2, -0.15) is 0 Å². The van der Waals surface area contributed by atoms with E-state index in [0.29, 0.717) is 13.2 Å². The number of hydrogen-bond donors (Lipinski definition) is 0. The van der Waals surface area contributed by atoms with Gasteiger partial charge in [-0.1, -0.05) is 67.6 Å². The molecule has 0 radical (unpaired) electrons. The van der Waals surface area contributed by atoms with Crippen LogP contribution >= 0.6 is 0 Å². The molecule has 0 aliphatic carbocycles. The zero-order chi connectivity index (χ0) is 14.2. The summed E-state index contributed by atoms with van der Waals surface area (Å²) in [5.41, 5.74) is 1.75. The summed E-state index contributed by atoms with van der Waals surface area (Å²) in [6.45, 7) is 3.19. The van der Waals surface area contributed by atoms with Crippen LogP contribution in [0.25, 0.3) is 0 Å². The van der Waals surface area contributed by atoms with Crippen molar-refractivity contribution >= 4 is 5.78 Å². The Labute approximate surface area is 120 Å². The van der Waals surface area contributed by atoms with Crippen LogP contribution in [0.4, 0.5) is 0 Å². The van der Waals surface area contributed by atoms with Gasteiger partial charge in [-0.15, -0.1) is 0 Å². The van der Waals surface area contributed by atoms with E-state index in [4.69, 9.17) is 4.74 Å². The number of Topliss-reactive ketones (excluding diaryl/α,β-unsaturated/α-hetero) is 1. The van der Waals surface area contributed by atoms with Gasteiger partial charge in [0, 0.05) is 12.2 Å². The average molecular weight is 268 g/mol. The Balaban J connectivity index is 2.20. The summed E-state index contributed by atoms with van der Waals surface area (Å²) in [7, 11) is 0. The summed E-state index contributed by atoms with van der Waals surface area (Å²) >= 11 is 0. The van der Waals surface area contributed by atoms with Gasteiger partial charge < -0.3 is 4.74 Å². The van der Waals surface area contributed by atoms with Crippen LogP contribution in [0, 0.1) is 0 Å². The van der Waals surface area contributed by atoms with Crippen LogP contribution in [-0.2, 0) is 4.74 Å². The minimum Gasteiger partial charge on any atom is -0.380 e. The van der Waals surface area contributed by atoms with Gasteiger partial charge in [0.15, 0.2) is 5.78 Å². The van der Waals surface area contributed by atoms with Crippen molar-refractivity contribution in [2.75, 3.05) is 13.2 Å². The van der Waals surface area contributed by atoms with Crippen LogP contribution in [0.1, 0.15) is 35.2 Å². The van der Waals surface area contributed by atoms with Gasteiger partial charge in [0.1, 0.15) is 0 Å². The van der Waals surface area contributed by atoms with Crippen LogP contribution in [0.3, 0.4) is 0 Å². The number of ketones is 1. The van der Waals surface area contributed by atoms with Gasteiger partial charge in [-0.25, -0.2) is 0 Å². The molecular formula is C18H20O2. The summed E-state index contributed by atoms with van der Waals surface area (Å²) < 4.78 is 5.62. The predicted molar refractivity (Wildman–Crippen MR) is 81.1 cm³/mol. The van der Waals surface area contributed by atoms with Gasteiger partial charge in [-0.3, -0.25) is 4.79 Å². The van der Waals surface area contributed by atoms with Gasteiger partial charge >= 0.3 is 0 Å². The summed E-state index contributed by atoms with van der Waals surface area (Å²) in [6, 6.07) is 19.3. The number of carbonyl (C=O) groups is 1. The molecule has 0 heterocycles. The summed E-state index contributed by atoms with van der Waals surface area (Å²) in [6.07, 6.45) is 0.959. The van der Waals surface area contributed by atoms with Crippen molar-refractivity contribution in [3.63, 3.8) is 0 Å². The third-order valence-electron chi connectivity index (χ3n) is 3.21. The third-order valence-corrected chi connectivity index (χ3v) is 3.21. The number of benzene rings is 2. The Morgan fingerprint density at radius 3 is 2.20 bits per heavy atom. The Hall–Kier alpha value is -1.93. The largest absolute Gasteiger partial charge is 0.380 e. The highest BCUT2D eigenvalue weighted by molar-refractivity contribution is 6.01. The van der Waals surface area contributed by atoms with Crippen molar-refractivity contribution < 1.29 is 9.53 Å². The molecule has 0 saturated heterocycles. The van der Waals surface area contributed by atoms with E-state index in [0.717, 1.165) is 17.5 Å². The highest BCUT2D eigenvalue weighted by Crippen LogP contribution is 2.21.